The van der Waals surface area contributed by atoms with Gasteiger partial charge in [0.05, 0.1) is 0 Å². The first kappa shape index (κ1) is 7.29. The van der Waals surface area contributed by atoms with Crippen molar-refractivity contribution in [3.8, 4) is 0 Å². The van der Waals surface area contributed by atoms with Crippen LogP contribution in [0.3, 0.4) is 0 Å². The van der Waals surface area contributed by atoms with Gasteiger partial charge in [-0.1, -0.05) is 0 Å². The van der Waals surface area contributed by atoms with Gasteiger partial charge < -0.3 is 0 Å². The predicted octanol–water partition coefficient (Wildman–Crippen LogP) is 1.20. The number of nitrogens with zero attached hydrogens (tertiary/aromatic N) is 1. The van der Waals surface area contributed by atoms with Crippen molar-refractivity contribution in [2.75, 3.05) is 7.05 Å². The second-order valence-electron chi connectivity index (χ2n) is 4.10. The summed E-state index contributed by atoms with van der Waals surface area (Å²) in [5, 5.41) is 0. The van der Waals surface area contributed by atoms with Crippen molar-refractivity contribution in [2.45, 2.75) is 44.2 Å². The third-order valence-electron chi connectivity index (χ3n) is 3.29. The number of piperidine rings is 1. The lowest BCUT2D eigenvalue weighted by molar-refractivity contribution is -0.125. The third-order valence-corrected chi connectivity index (χ3v) is 3.29. The Balaban J connectivity index is 2.16. The number of ketones is 1. The van der Waals surface area contributed by atoms with Crippen LogP contribution in [-0.2, 0) is 4.79 Å². The quantitative estimate of drug-likeness (QED) is 0.521. The fourth-order valence-corrected chi connectivity index (χ4v) is 2.17. The Hall–Kier alpha value is -0.370. The minimum atomic E-state index is 0.314. The minimum absolute atomic E-state index is 0.314. The first-order valence-corrected chi connectivity index (χ1v) is 4.39. The number of likely N-dealkylation sites (tertiary alicyclic amines) is 1. The van der Waals surface area contributed by atoms with Crippen molar-refractivity contribution in [3.05, 3.63) is 0 Å². The summed E-state index contributed by atoms with van der Waals surface area (Å²) < 4.78 is 0. The summed E-state index contributed by atoms with van der Waals surface area (Å²) >= 11 is 0. The lowest BCUT2D eigenvalue weighted by Crippen LogP contribution is -2.47. The Bertz CT molecular complexity index is 196. The number of carbonyl (C=O) groups excluding carboxylic acids is 1. The van der Waals surface area contributed by atoms with Crippen molar-refractivity contribution in [1.82, 2.24) is 4.90 Å². The molecule has 1 heterocycles. The summed E-state index contributed by atoms with van der Waals surface area (Å²) in [6.07, 6.45) is 4.05. The average molecular weight is 153 g/mol. The van der Waals surface area contributed by atoms with Gasteiger partial charge in [-0.15, -0.1) is 0 Å². The number of hydrogen-bond acceptors (Lipinski definition) is 2. The molecule has 0 amide bonds. The van der Waals surface area contributed by atoms with Gasteiger partial charge in [0.15, 0.2) is 0 Å². The number of rotatable bonds is 0. The smallest absolute Gasteiger partial charge is 0.136 e. The molecule has 1 saturated heterocycles. The Morgan fingerprint density at radius 2 is 2.18 bits per heavy atom. The summed E-state index contributed by atoms with van der Waals surface area (Å²) in [7, 11) is 2.16. The van der Waals surface area contributed by atoms with Crippen molar-refractivity contribution >= 4 is 5.78 Å². The second kappa shape index (κ2) is 2.07. The summed E-state index contributed by atoms with van der Waals surface area (Å²) in [6.45, 7) is 2.15. The Morgan fingerprint density at radius 3 is 2.73 bits per heavy atom. The molecular weight excluding hydrogens is 138 g/mol. The molecule has 2 rings (SSSR count). The lowest BCUT2D eigenvalue weighted by Gasteiger charge is -2.37. The van der Waals surface area contributed by atoms with E-state index < -0.39 is 0 Å². The highest BCUT2D eigenvalue weighted by molar-refractivity contribution is 5.81. The molecule has 1 saturated carbocycles. The average Bonchev–Trinajstić information content (AvgIpc) is 2.65. The Kier molecular flexibility index (Phi) is 1.37. The fourth-order valence-electron chi connectivity index (χ4n) is 2.17. The SMILES string of the molecule is C[C@@H]1CC(=O)CC2(CC2)N1C. The van der Waals surface area contributed by atoms with Gasteiger partial charge in [-0.05, 0) is 26.8 Å². The second-order valence-corrected chi connectivity index (χ2v) is 4.10. The number of hydrogen-bond donors (Lipinski definition) is 0. The van der Waals surface area contributed by atoms with E-state index >= 15 is 0 Å². The largest absolute Gasteiger partial charge is 0.300 e. The zero-order valence-corrected chi connectivity index (χ0v) is 7.26. The van der Waals surface area contributed by atoms with E-state index in [0.29, 0.717) is 17.4 Å². The van der Waals surface area contributed by atoms with Crippen molar-refractivity contribution in [3.63, 3.8) is 0 Å². The molecule has 0 radical (unpaired) electrons. The van der Waals surface area contributed by atoms with Gasteiger partial charge in [-0.3, -0.25) is 9.69 Å². The molecule has 11 heavy (non-hydrogen) atoms. The van der Waals surface area contributed by atoms with E-state index in [-0.39, 0.29) is 0 Å². The summed E-state index contributed by atoms with van der Waals surface area (Å²) in [4.78, 5) is 13.6. The van der Waals surface area contributed by atoms with Gasteiger partial charge in [0.2, 0.25) is 0 Å². The molecule has 0 aromatic heterocycles. The number of Topliss-reactive ketones (excluding diaryl/α,β-unsaturated/α-hetero) is 1. The van der Waals surface area contributed by atoms with Crippen LogP contribution in [0.15, 0.2) is 0 Å². The van der Waals surface area contributed by atoms with E-state index in [4.69, 9.17) is 0 Å². The molecule has 62 valence electrons. The van der Waals surface area contributed by atoms with Crippen LogP contribution in [-0.4, -0.2) is 29.3 Å². The molecule has 1 aliphatic carbocycles. The molecule has 2 nitrogen and oxygen atoms in total. The van der Waals surface area contributed by atoms with Crippen LogP contribution >= 0.6 is 0 Å². The van der Waals surface area contributed by atoms with Crippen molar-refractivity contribution in [1.29, 1.82) is 0 Å². The van der Waals surface area contributed by atoms with Crippen LogP contribution in [0.4, 0.5) is 0 Å². The van der Waals surface area contributed by atoms with Gasteiger partial charge in [0.1, 0.15) is 5.78 Å². The maximum Gasteiger partial charge on any atom is 0.136 e. The highest BCUT2D eigenvalue weighted by Gasteiger charge is 2.51. The summed E-state index contributed by atoms with van der Waals surface area (Å²) in [5.41, 5.74) is 0.314. The molecule has 2 aliphatic rings. The normalized spacial score (nSPS) is 36.2. The van der Waals surface area contributed by atoms with Crippen LogP contribution in [0.25, 0.3) is 0 Å². The van der Waals surface area contributed by atoms with E-state index in [1.165, 1.54) is 12.8 Å². The molecule has 0 unspecified atom stereocenters. The minimum Gasteiger partial charge on any atom is -0.300 e. The Morgan fingerprint density at radius 1 is 1.55 bits per heavy atom. The predicted molar refractivity (Wildman–Crippen MR) is 43.4 cm³/mol. The van der Waals surface area contributed by atoms with Crippen molar-refractivity contribution < 1.29 is 4.79 Å². The highest BCUT2D eigenvalue weighted by atomic mass is 16.1. The van der Waals surface area contributed by atoms with E-state index in [9.17, 15) is 4.79 Å². The van der Waals surface area contributed by atoms with E-state index in [0.717, 1.165) is 12.8 Å². The van der Waals surface area contributed by atoms with Crippen molar-refractivity contribution in [2.24, 2.45) is 0 Å². The molecule has 1 atom stereocenters. The van der Waals surface area contributed by atoms with E-state index in [1.54, 1.807) is 0 Å². The zero-order chi connectivity index (χ0) is 8.06. The topological polar surface area (TPSA) is 20.3 Å². The molecule has 1 spiro atoms. The molecule has 0 aromatic carbocycles. The molecule has 0 bridgehead atoms. The standard InChI is InChI=1S/C9H15NO/c1-7-5-8(11)6-9(3-4-9)10(7)2/h7H,3-6H2,1-2H3/t7-/m1/s1. The van der Waals surface area contributed by atoms with Crippen LogP contribution in [0.5, 0.6) is 0 Å². The zero-order valence-electron chi connectivity index (χ0n) is 7.26. The molecule has 2 heteroatoms. The van der Waals surface area contributed by atoms with Crippen LogP contribution in [0.2, 0.25) is 0 Å². The monoisotopic (exact) mass is 153 g/mol. The molecule has 1 aliphatic heterocycles. The maximum atomic E-state index is 11.2. The van der Waals surface area contributed by atoms with Gasteiger partial charge in [0.25, 0.3) is 0 Å². The fraction of sp³-hybridized carbons (Fsp3) is 0.889. The first-order chi connectivity index (χ1) is 5.14. The molecule has 2 fully saturated rings. The van der Waals surface area contributed by atoms with Crippen LogP contribution in [0, 0.1) is 0 Å². The van der Waals surface area contributed by atoms with Gasteiger partial charge in [-0.2, -0.15) is 0 Å². The number of carbonyl (C=O) groups is 1. The summed E-state index contributed by atoms with van der Waals surface area (Å²) in [5.74, 6) is 0.466. The van der Waals surface area contributed by atoms with Gasteiger partial charge >= 0.3 is 0 Å². The highest BCUT2D eigenvalue weighted by Crippen LogP contribution is 2.47. The summed E-state index contributed by atoms with van der Waals surface area (Å²) in [6, 6.07) is 0.471. The van der Waals surface area contributed by atoms with E-state index in [1.807, 2.05) is 0 Å². The molecular formula is C9H15NO. The first-order valence-electron chi connectivity index (χ1n) is 4.39. The maximum absolute atomic E-state index is 11.2. The Labute approximate surface area is 67.6 Å². The van der Waals surface area contributed by atoms with Crippen LogP contribution < -0.4 is 0 Å². The van der Waals surface area contributed by atoms with Crippen LogP contribution in [0.1, 0.15) is 32.6 Å². The lowest BCUT2D eigenvalue weighted by atomic mass is 9.94. The third kappa shape index (κ3) is 1.00. The van der Waals surface area contributed by atoms with Gasteiger partial charge in [-0.25, -0.2) is 0 Å². The van der Waals surface area contributed by atoms with E-state index in [2.05, 4.69) is 18.9 Å². The molecule has 0 N–H and O–H groups in total. The molecule has 0 aromatic rings. The van der Waals surface area contributed by atoms with Gasteiger partial charge in [0, 0.05) is 24.4 Å².